The first kappa shape index (κ1) is 17.0. The molecule has 0 unspecified atom stereocenters. The van der Waals surface area contributed by atoms with Crippen molar-refractivity contribution >= 4 is 5.91 Å². The predicted octanol–water partition coefficient (Wildman–Crippen LogP) is 2.45. The number of ether oxygens (including phenoxy) is 1. The summed E-state index contributed by atoms with van der Waals surface area (Å²) in [4.78, 5) is 11.8. The molecule has 122 valence electrons. The Kier molecular flexibility index (Phi) is 6.63. The molecule has 0 aliphatic heterocycles. The van der Waals surface area contributed by atoms with Crippen LogP contribution in [0.1, 0.15) is 16.7 Å². The van der Waals surface area contributed by atoms with Gasteiger partial charge in [-0.1, -0.05) is 42.0 Å². The number of aryl methyl sites for hydroxylation is 1. The monoisotopic (exact) mass is 312 g/mol. The summed E-state index contributed by atoms with van der Waals surface area (Å²) < 4.78 is 5.20. The van der Waals surface area contributed by atoms with Crippen molar-refractivity contribution in [2.45, 2.75) is 19.9 Å². The minimum atomic E-state index is 0.0104. The molecule has 23 heavy (non-hydrogen) atoms. The Bertz CT molecular complexity index is 624. The third-order valence-corrected chi connectivity index (χ3v) is 3.62. The van der Waals surface area contributed by atoms with E-state index < -0.39 is 0 Å². The van der Waals surface area contributed by atoms with Gasteiger partial charge < -0.3 is 15.4 Å². The SMILES string of the molecule is COc1cccc(CCNCC(=O)NCc2ccc(C)cc2)c1. The smallest absolute Gasteiger partial charge is 0.234 e. The van der Waals surface area contributed by atoms with Gasteiger partial charge in [-0.05, 0) is 43.1 Å². The maximum absolute atomic E-state index is 11.8. The number of hydrogen-bond donors (Lipinski definition) is 2. The molecule has 0 saturated heterocycles. The van der Waals surface area contributed by atoms with Gasteiger partial charge in [0.15, 0.2) is 0 Å². The fraction of sp³-hybridized carbons (Fsp3) is 0.316. The summed E-state index contributed by atoms with van der Waals surface area (Å²) in [5.74, 6) is 0.870. The lowest BCUT2D eigenvalue weighted by Gasteiger charge is -2.08. The van der Waals surface area contributed by atoms with Crippen LogP contribution in [0.3, 0.4) is 0 Å². The highest BCUT2D eigenvalue weighted by atomic mass is 16.5. The fourth-order valence-electron chi connectivity index (χ4n) is 2.23. The van der Waals surface area contributed by atoms with E-state index in [1.54, 1.807) is 7.11 Å². The maximum atomic E-state index is 11.8. The van der Waals surface area contributed by atoms with E-state index in [1.807, 2.05) is 42.5 Å². The summed E-state index contributed by atoms with van der Waals surface area (Å²) in [6.45, 7) is 3.70. The molecule has 2 aromatic carbocycles. The molecule has 0 atom stereocenters. The lowest BCUT2D eigenvalue weighted by atomic mass is 10.1. The topological polar surface area (TPSA) is 50.4 Å². The zero-order valence-corrected chi connectivity index (χ0v) is 13.8. The molecule has 2 aromatic rings. The van der Waals surface area contributed by atoms with Gasteiger partial charge in [0, 0.05) is 6.54 Å². The average Bonchev–Trinajstić information content (AvgIpc) is 2.58. The lowest BCUT2D eigenvalue weighted by Crippen LogP contribution is -2.34. The first-order valence-electron chi connectivity index (χ1n) is 7.83. The number of carbonyl (C=O) groups is 1. The molecule has 0 heterocycles. The number of benzene rings is 2. The highest BCUT2D eigenvalue weighted by Gasteiger charge is 2.01. The highest BCUT2D eigenvalue weighted by Crippen LogP contribution is 2.12. The van der Waals surface area contributed by atoms with E-state index in [-0.39, 0.29) is 5.91 Å². The van der Waals surface area contributed by atoms with Gasteiger partial charge in [0.05, 0.1) is 13.7 Å². The van der Waals surface area contributed by atoms with Crippen molar-refractivity contribution in [1.82, 2.24) is 10.6 Å². The van der Waals surface area contributed by atoms with Crippen molar-refractivity contribution < 1.29 is 9.53 Å². The number of amides is 1. The van der Waals surface area contributed by atoms with Crippen LogP contribution in [0.15, 0.2) is 48.5 Å². The van der Waals surface area contributed by atoms with Crippen molar-refractivity contribution in [1.29, 1.82) is 0 Å². The predicted molar refractivity (Wildman–Crippen MR) is 92.6 cm³/mol. The number of methoxy groups -OCH3 is 1. The summed E-state index contributed by atoms with van der Waals surface area (Å²) in [5, 5.41) is 6.08. The van der Waals surface area contributed by atoms with Crippen LogP contribution < -0.4 is 15.4 Å². The summed E-state index contributed by atoms with van der Waals surface area (Å²) in [6, 6.07) is 16.1. The zero-order valence-electron chi connectivity index (χ0n) is 13.8. The Morgan fingerprint density at radius 3 is 2.61 bits per heavy atom. The number of hydrogen-bond acceptors (Lipinski definition) is 3. The first-order valence-corrected chi connectivity index (χ1v) is 7.83. The Hall–Kier alpha value is -2.33. The molecule has 0 aromatic heterocycles. The summed E-state index contributed by atoms with van der Waals surface area (Å²) >= 11 is 0. The van der Waals surface area contributed by atoms with Crippen LogP contribution in [-0.2, 0) is 17.8 Å². The van der Waals surface area contributed by atoms with Gasteiger partial charge in [0.2, 0.25) is 5.91 Å². The molecule has 0 bridgehead atoms. The maximum Gasteiger partial charge on any atom is 0.234 e. The van der Waals surface area contributed by atoms with E-state index in [0.29, 0.717) is 13.1 Å². The van der Waals surface area contributed by atoms with Crippen molar-refractivity contribution in [3.63, 3.8) is 0 Å². The normalized spacial score (nSPS) is 10.3. The molecule has 2 N–H and O–H groups in total. The minimum absolute atomic E-state index is 0.0104. The van der Waals surface area contributed by atoms with E-state index in [2.05, 4.69) is 23.6 Å². The quantitative estimate of drug-likeness (QED) is 0.736. The molecular formula is C19H24N2O2. The van der Waals surface area contributed by atoms with Gasteiger partial charge in [0.1, 0.15) is 5.75 Å². The Labute approximate surface area is 137 Å². The molecule has 0 aliphatic rings. The van der Waals surface area contributed by atoms with Crippen LogP contribution in [0, 0.1) is 6.92 Å². The van der Waals surface area contributed by atoms with E-state index in [4.69, 9.17) is 4.74 Å². The number of rotatable bonds is 8. The minimum Gasteiger partial charge on any atom is -0.497 e. The van der Waals surface area contributed by atoms with E-state index in [1.165, 1.54) is 11.1 Å². The third-order valence-electron chi connectivity index (χ3n) is 3.62. The lowest BCUT2D eigenvalue weighted by molar-refractivity contribution is -0.120. The Morgan fingerprint density at radius 2 is 1.87 bits per heavy atom. The van der Waals surface area contributed by atoms with Gasteiger partial charge in [-0.2, -0.15) is 0 Å². The van der Waals surface area contributed by atoms with Crippen molar-refractivity contribution in [3.05, 3.63) is 65.2 Å². The Balaban J connectivity index is 1.63. The van der Waals surface area contributed by atoms with Gasteiger partial charge in [-0.25, -0.2) is 0 Å². The van der Waals surface area contributed by atoms with Crippen LogP contribution in [0.5, 0.6) is 5.75 Å². The van der Waals surface area contributed by atoms with Crippen molar-refractivity contribution in [3.8, 4) is 5.75 Å². The summed E-state index contributed by atoms with van der Waals surface area (Å²) in [5.41, 5.74) is 3.52. The molecule has 0 spiro atoms. The standard InChI is InChI=1S/C19H24N2O2/c1-15-6-8-17(9-7-15)13-21-19(22)14-20-11-10-16-4-3-5-18(12-16)23-2/h3-9,12,20H,10-11,13-14H2,1-2H3,(H,21,22). The average molecular weight is 312 g/mol. The van der Waals surface area contributed by atoms with Gasteiger partial charge in [0.25, 0.3) is 0 Å². The second-order valence-electron chi connectivity index (χ2n) is 5.54. The molecule has 0 saturated carbocycles. The summed E-state index contributed by atoms with van der Waals surface area (Å²) in [7, 11) is 1.66. The van der Waals surface area contributed by atoms with Crippen molar-refractivity contribution in [2.75, 3.05) is 20.2 Å². The first-order chi connectivity index (χ1) is 11.2. The van der Waals surface area contributed by atoms with Crippen LogP contribution in [-0.4, -0.2) is 26.1 Å². The van der Waals surface area contributed by atoms with Crippen LogP contribution in [0.2, 0.25) is 0 Å². The van der Waals surface area contributed by atoms with Gasteiger partial charge in [-0.3, -0.25) is 4.79 Å². The largest absolute Gasteiger partial charge is 0.497 e. The van der Waals surface area contributed by atoms with E-state index >= 15 is 0 Å². The van der Waals surface area contributed by atoms with Crippen LogP contribution >= 0.6 is 0 Å². The third kappa shape index (κ3) is 6.12. The number of carbonyl (C=O) groups excluding carboxylic acids is 1. The fourth-order valence-corrected chi connectivity index (χ4v) is 2.23. The van der Waals surface area contributed by atoms with Gasteiger partial charge >= 0.3 is 0 Å². The van der Waals surface area contributed by atoms with Crippen LogP contribution in [0.25, 0.3) is 0 Å². The molecule has 2 rings (SSSR count). The zero-order chi connectivity index (χ0) is 16.5. The van der Waals surface area contributed by atoms with Crippen molar-refractivity contribution in [2.24, 2.45) is 0 Å². The number of nitrogens with one attached hydrogen (secondary N) is 2. The molecule has 4 heteroatoms. The molecule has 1 amide bonds. The molecule has 0 aliphatic carbocycles. The van der Waals surface area contributed by atoms with Gasteiger partial charge in [-0.15, -0.1) is 0 Å². The molecule has 4 nitrogen and oxygen atoms in total. The van der Waals surface area contributed by atoms with E-state index in [0.717, 1.165) is 24.3 Å². The van der Waals surface area contributed by atoms with Crippen LogP contribution in [0.4, 0.5) is 0 Å². The van der Waals surface area contributed by atoms with E-state index in [9.17, 15) is 4.79 Å². The summed E-state index contributed by atoms with van der Waals surface area (Å²) in [6.07, 6.45) is 0.864. The second-order valence-corrected chi connectivity index (χ2v) is 5.54. The molecule has 0 fully saturated rings. The molecule has 0 radical (unpaired) electrons. The molecular weight excluding hydrogens is 288 g/mol. The second kappa shape index (κ2) is 8.96. The Morgan fingerprint density at radius 1 is 1.09 bits per heavy atom. The highest BCUT2D eigenvalue weighted by molar-refractivity contribution is 5.77.